The van der Waals surface area contributed by atoms with Crippen molar-refractivity contribution in [3.63, 3.8) is 0 Å². The van der Waals surface area contributed by atoms with Crippen molar-refractivity contribution in [1.29, 1.82) is 0 Å². The van der Waals surface area contributed by atoms with Gasteiger partial charge in [-0.1, -0.05) is 0 Å². The van der Waals surface area contributed by atoms with Gasteiger partial charge in [0.1, 0.15) is 12.2 Å². The molecule has 1 N–H and O–H groups in total. The number of anilines is 1. The second-order valence-corrected chi connectivity index (χ2v) is 7.60. The van der Waals surface area contributed by atoms with E-state index in [4.69, 9.17) is 9.47 Å². The number of esters is 1. The van der Waals surface area contributed by atoms with Crippen LogP contribution in [0.1, 0.15) is 31.1 Å². The molecule has 0 heterocycles. The zero-order chi connectivity index (χ0) is 16.8. The molecule has 7 heteroatoms. The lowest BCUT2D eigenvalue weighted by atomic mass is 10.2. The second kappa shape index (κ2) is 8.61. The fourth-order valence-electron chi connectivity index (χ4n) is 1.46. The third kappa shape index (κ3) is 6.87. The second-order valence-electron chi connectivity index (χ2n) is 5.45. The maximum atomic E-state index is 11.8. The van der Waals surface area contributed by atoms with Crippen LogP contribution in [-0.4, -0.2) is 36.3 Å². The van der Waals surface area contributed by atoms with Crippen molar-refractivity contribution >= 4 is 52.1 Å². The Morgan fingerprint density at radius 2 is 2.00 bits per heavy atom. The van der Waals surface area contributed by atoms with E-state index < -0.39 is 11.7 Å². The van der Waals surface area contributed by atoms with E-state index in [1.165, 1.54) is 0 Å². The van der Waals surface area contributed by atoms with Crippen LogP contribution >= 0.6 is 34.4 Å². The van der Waals surface area contributed by atoms with Gasteiger partial charge < -0.3 is 9.47 Å². The van der Waals surface area contributed by atoms with Crippen LogP contribution < -0.4 is 5.32 Å². The molecule has 0 saturated carbocycles. The first kappa shape index (κ1) is 19.1. The van der Waals surface area contributed by atoms with Gasteiger partial charge in [-0.2, -0.15) is 11.8 Å². The van der Waals surface area contributed by atoms with Crippen LogP contribution in [0.2, 0.25) is 0 Å². The molecule has 1 rings (SSSR count). The van der Waals surface area contributed by atoms with Gasteiger partial charge in [0.2, 0.25) is 0 Å². The lowest BCUT2D eigenvalue weighted by molar-refractivity contribution is 0.0529. The Hall–Kier alpha value is -0.960. The van der Waals surface area contributed by atoms with Gasteiger partial charge in [-0.15, -0.1) is 0 Å². The van der Waals surface area contributed by atoms with E-state index in [0.29, 0.717) is 17.9 Å². The summed E-state index contributed by atoms with van der Waals surface area (Å²) in [6.07, 6.45) is 1.43. The quantitative estimate of drug-likeness (QED) is 0.426. The molecule has 0 aliphatic heterocycles. The van der Waals surface area contributed by atoms with Crippen LogP contribution in [0.4, 0.5) is 10.5 Å². The molecule has 0 aliphatic rings. The maximum Gasteiger partial charge on any atom is 0.412 e. The van der Waals surface area contributed by atoms with E-state index >= 15 is 0 Å². The van der Waals surface area contributed by atoms with Crippen molar-refractivity contribution in [3.8, 4) is 0 Å². The molecule has 0 aromatic heterocycles. The summed E-state index contributed by atoms with van der Waals surface area (Å²) in [6.45, 7) is 5.77. The smallest absolute Gasteiger partial charge is 0.412 e. The fourth-order valence-corrected chi connectivity index (χ4v) is 2.36. The Bertz CT molecular complexity index is 543. The molecule has 0 unspecified atom stereocenters. The number of nitrogens with one attached hydrogen (secondary N) is 1. The number of amides is 1. The predicted molar refractivity (Wildman–Crippen MR) is 97.7 cm³/mol. The minimum absolute atomic E-state index is 0.365. The average Bonchev–Trinajstić information content (AvgIpc) is 2.39. The Morgan fingerprint density at radius 1 is 1.32 bits per heavy atom. The van der Waals surface area contributed by atoms with Crippen LogP contribution in [0, 0.1) is 3.57 Å². The minimum Gasteiger partial charge on any atom is -0.461 e. The van der Waals surface area contributed by atoms with Crippen molar-refractivity contribution in [2.24, 2.45) is 0 Å². The molecule has 22 heavy (non-hydrogen) atoms. The normalized spacial score (nSPS) is 11.0. The third-order valence-corrected chi connectivity index (χ3v) is 3.83. The number of rotatable bonds is 5. The Kier molecular flexibility index (Phi) is 7.47. The molecular formula is C15H20INO4S. The van der Waals surface area contributed by atoms with Crippen LogP contribution in [0.15, 0.2) is 18.2 Å². The number of hydrogen-bond acceptors (Lipinski definition) is 5. The van der Waals surface area contributed by atoms with Gasteiger partial charge in [0.05, 0.1) is 11.3 Å². The highest BCUT2D eigenvalue weighted by atomic mass is 127. The molecule has 122 valence electrons. The highest BCUT2D eigenvalue weighted by molar-refractivity contribution is 14.1. The summed E-state index contributed by atoms with van der Waals surface area (Å²) >= 11 is 3.67. The molecule has 0 saturated heterocycles. The monoisotopic (exact) mass is 437 g/mol. The Morgan fingerprint density at radius 3 is 2.55 bits per heavy atom. The number of carbonyl (C=O) groups is 2. The summed E-state index contributed by atoms with van der Waals surface area (Å²) in [5.74, 6) is 0.400. The first-order valence-corrected chi connectivity index (χ1v) is 9.16. The van der Waals surface area contributed by atoms with E-state index in [1.807, 2.05) is 6.26 Å². The first-order chi connectivity index (χ1) is 10.2. The molecule has 0 spiro atoms. The number of benzene rings is 1. The maximum absolute atomic E-state index is 11.8. The van der Waals surface area contributed by atoms with Crippen molar-refractivity contribution in [1.82, 2.24) is 0 Å². The minimum atomic E-state index is -0.559. The number of carbonyl (C=O) groups excluding carboxylic acids is 2. The van der Waals surface area contributed by atoms with E-state index in [2.05, 4.69) is 27.9 Å². The van der Waals surface area contributed by atoms with Crippen LogP contribution in [0.25, 0.3) is 0 Å². The topological polar surface area (TPSA) is 64.6 Å². The predicted octanol–water partition coefficient (Wildman–Crippen LogP) is 4.16. The first-order valence-electron chi connectivity index (χ1n) is 6.68. The SMILES string of the molecule is CSCCOC(=O)c1ccc(NC(=O)OC(C)(C)C)c(I)c1. The summed E-state index contributed by atoms with van der Waals surface area (Å²) in [5, 5.41) is 2.66. The highest BCUT2D eigenvalue weighted by Gasteiger charge is 2.17. The summed E-state index contributed by atoms with van der Waals surface area (Å²) in [4.78, 5) is 23.6. The van der Waals surface area contributed by atoms with Crippen molar-refractivity contribution in [3.05, 3.63) is 27.3 Å². The van der Waals surface area contributed by atoms with Gasteiger partial charge in [-0.05, 0) is 67.8 Å². The Labute approximate surface area is 148 Å². The molecule has 1 amide bonds. The van der Waals surface area contributed by atoms with Crippen molar-refractivity contribution < 1.29 is 19.1 Å². The molecule has 5 nitrogen and oxygen atoms in total. The van der Waals surface area contributed by atoms with E-state index in [-0.39, 0.29) is 5.97 Å². The molecule has 1 aromatic rings. The van der Waals surface area contributed by atoms with E-state index in [0.717, 1.165) is 9.32 Å². The molecule has 0 aliphatic carbocycles. The van der Waals surface area contributed by atoms with Crippen LogP contribution in [0.5, 0.6) is 0 Å². The largest absolute Gasteiger partial charge is 0.461 e. The Balaban J connectivity index is 2.69. The summed E-state index contributed by atoms with van der Waals surface area (Å²) in [7, 11) is 0. The number of ether oxygens (including phenoxy) is 2. The zero-order valence-electron chi connectivity index (χ0n) is 13.1. The standard InChI is InChI=1S/C15H20INO4S/c1-15(2,3)21-14(19)17-12-6-5-10(9-11(12)16)13(18)20-7-8-22-4/h5-6,9H,7-8H2,1-4H3,(H,17,19). The van der Waals surface area contributed by atoms with Crippen molar-refractivity contribution in [2.45, 2.75) is 26.4 Å². The number of halogens is 1. The van der Waals surface area contributed by atoms with Gasteiger partial charge in [-0.25, -0.2) is 9.59 Å². The van der Waals surface area contributed by atoms with Gasteiger partial charge >= 0.3 is 12.1 Å². The molecule has 0 atom stereocenters. The molecular weight excluding hydrogens is 417 g/mol. The molecule has 1 aromatic carbocycles. The van der Waals surface area contributed by atoms with Gasteiger partial charge in [0, 0.05) is 9.32 Å². The van der Waals surface area contributed by atoms with E-state index in [1.54, 1.807) is 50.7 Å². The summed E-state index contributed by atoms with van der Waals surface area (Å²) < 4.78 is 11.1. The lowest BCUT2D eigenvalue weighted by Crippen LogP contribution is -2.27. The third-order valence-electron chi connectivity index (χ3n) is 2.36. The van der Waals surface area contributed by atoms with Crippen LogP contribution in [0.3, 0.4) is 0 Å². The molecule has 0 fully saturated rings. The van der Waals surface area contributed by atoms with Gasteiger partial charge in [0.25, 0.3) is 0 Å². The summed E-state index contributed by atoms with van der Waals surface area (Å²) in [5.41, 5.74) is 0.493. The number of hydrogen-bond donors (Lipinski definition) is 1. The van der Waals surface area contributed by atoms with Crippen LogP contribution in [-0.2, 0) is 9.47 Å². The number of thioether (sulfide) groups is 1. The summed E-state index contributed by atoms with van der Waals surface area (Å²) in [6, 6.07) is 4.96. The molecule has 0 bridgehead atoms. The molecule has 0 radical (unpaired) electrons. The van der Waals surface area contributed by atoms with Gasteiger partial charge in [0.15, 0.2) is 0 Å². The average molecular weight is 437 g/mol. The zero-order valence-corrected chi connectivity index (χ0v) is 16.0. The van der Waals surface area contributed by atoms with E-state index in [9.17, 15) is 9.59 Å². The lowest BCUT2D eigenvalue weighted by Gasteiger charge is -2.20. The fraction of sp³-hybridized carbons (Fsp3) is 0.467. The van der Waals surface area contributed by atoms with Gasteiger partial charge in [-0.3, -0.25) is 5.32 Å². The van der Waals surface area contributed by atoms with Crippen molar-refractivity contribution in [2.75, 3.05) is 23.9 Å². The highest BCUT2D eigenvalue weighted by Crippen LogP contribution is 2.21.